The van der Waals surface area contributed by atoms with Gasteiger partial charge in [-0.1, -0.05) is 15.9 Å². The van der Waals surface area contributed by atoms with Gasteiger partial charge < -0.3 is 4.74 Å². The number of nitrogens with zero attached hydrogens (tertiary/aromatic N) is 2. The molecular formula is C12H8Br2N2O3. The molecule has 0 amide bonds. The van der Waals surface area contributed by atoms with Crippen LogP contribution in [-0.2, 0) is 6.61 Å². The summed E-state index contributed by atoms with van der Waals surface area (Å²) >= 11 is 6.43. The fourth-order valence-electron chi connectivity index (χ4n) is 1.44. The number of pyridine rings is 1. The number of rotatable bonds is 4. The first-order chi connectivity index (χ1) is 9.06. The molecular weight excluding hydrogens is 380 g/mol. The predicted octanol–water partition coefficient (Wildman–Crippen LogP) is 4.09. The maximum atomic E-state index is 10.9. The largest absolute Gasteiger partial charge is 0.487 e. The topological polar surface area (TPSA) is 65.3 Å². The van der Waals surface area contributed by atoms with Crippen LogP contribution in [0.15, 0.2) is 45.6 Å². The molecule has 2 aromatic rings. The number of ether oxygens (including phenoxy) is 1. The van der Waals surface area contributed by atoms with Gasteiger partial charge in [0.2, 0.25) is 0 Å². The minimum Gasteiger partial charge on any atom is -0.487 e. The number of aromatic nitrogens is 1. The van der Waals surface area contributed by atoms with E-state index in [0.29, 0.717) is 20.4 Å². The van der Waals surface area contributed by atoms with E-state index in [0.717, 1.165) is 0 Å². The molecule has 0 aliphatic heterocycles. The monoisotopic (exact) mass is 386 g/mol. The Morgan fingerprint density at radius 3 is 2.68 bits per heavy atom. The van der Waals surface area contributed by atoms with Crippen molar-refractivity contribution >= 4 is 37.5 Å². The van der Waals surface area contributed by atoms with Crippen molar-refractivity contribution in [2.45, 2.75) is 6.61 Å². The average Bonchev–Trinajstić information content (AvgIpc) is 2.39. The average molecular weight is 388 g/mol. The SMILES string of the molecule is O=[N+]([O-])c1cc(Br)ccc1COc1ccc(Br)nc1. The fourth-order valence-corrected chi connectivity index (χ4v) is 2.02. The first kappa shape index (κ1) is 14.0. The maximum Gasteiger partial charge on any atom is 0.277 e. The van der Waals surface area contributed by atoms with Gasteiger partial charge in [-0.2, -0.15) is 0 Å². The summed E-state index contributed by atoms with van der Waals surface area (Å²) < 4.78 is 6.84. The van der Waals surface area contributed by atoms with E-state index in [4.69, 9.17) is 4.74 Å². The Kier molecular flexibility index (Phi) is 4.49. The minimum absolute atomic E-state index is 0.0273. The summed E-state index contributed by atoms with van der Waals surface area (Å²) in [7, 11) is 0. The lowest BCUT2D eigenvalue weighted by atomic mass is 10.2. The quantitative estimate of drug-likeness (QED) is 0.450. The zero-order chi connectivity index (χ0) is 13.8. The number of nitro groups is 1. The van der Waals surface area contributed by atoms with Crippen LogP contribution in [-0.4, -0.2) is 9.91 Å². The van der Waals surface area contributed by atoms with E-state index in [1.54, 1.807) is 30.5 Å². The van der Waals surface area contributed by atoms with Crippen LogP contribution in [0.5, 0.6) is 5.75 Å². The van der Waals surface area contributed by atoms with E-state index in [1.807, 2.05) is 0 Å². The number of benzene rings is 1. The van der Waals surface area contributed by atoms with Crippen LogP contribution < -0.4 is 4.74 Å². The van der Waals surface area contributed by atoms with Gasteiger partial charge in [-0.15, -0.1) is 0 Å². The molecule has 0 aliphatic carbocycles. The third kappa shape index (κ3) is 3.74. The maximum absolute atomic E-state index is 10.9. The second kappa shape index (κ2) is 6.12. The molecule has 19 heavy (non-hydrogen) atoms. The summed E-state index contributed by atoms with van der Waals surface area (Å²) in [6.45, 7) is 0.118. The van der Waals surface area contributed by atoms with E-state index in [-0.39, 0.29) is 12.3 Å². The molecule has 98 valence electrons. The van der Waals surface area contributed by atoms with Crippen molar-refractivity contribution in [1.82, 2.24) is 4.98 Å². The van der Waals surface area contributed by atoms with Gasteiger partial charge in [0.1, 0.15) is 17.0 Å². The van der Waals surface area contributed by atoms with Gasteiger partial charge in [0.25, 0.3) is 5.69 Å². The molecule has 1 heterocycles. The van der Waals surface area contributed by atoms with E-state index in [9.17, 15) is 10.1 Å². The molecule has 2 rings (SSSR count). The minimum atomic E-state index is -0.427. The summed E-state index contributed by atoms with van der Waals surface area (Å²) in [4.78, 5) is 14.5. The molecule has 0 radical (unpaired) electrons. The van der Waals surface area contributed by atoms with Crippen LogP contribution in [0.25, 0.3) is 0 Å². The van der Waals surface area contributed by atoms with Gasteiger partial charge in [0.15, 0.2) is 0 Å². The summed E-state index contributed by atoms with van der Waals surface area (Å²) in [5.41, 5.74) is 0.538. The molecule has 1 aromatic carbocycles. The van der Waals surface area contributed by atoms with Crippen molar-refractivity contribution in [2.75, 3.05) is 0 Å². The first-order valence-electron chi connectivity index (χ1n) is 5.23. The zero-order valence-electron chi connectivity index (χ0n) is 9.55. The Balaban J connectivity index is 2.15. The third-order valence-electron chi connectivity index (χ3n) is 2.34. The Hall–Kier alpha value is -1.47. The molecule has 0 aliphatic rings. The summed E-state index contributed by atoms with van der Waals surface area (Å²) in [6.07, 6.45) is 1.55. The lowest BCUT2D eigenvalue weighted by molar-refractivity contribution is -0.385. The second-order valence-electron chi connectivity index (χ2n) is 3.64. The highest BCUT2D eigenvalue weighted by molar-refractivity contribution is 9.10. The van der Waals surface area contributed by atoms with E-state index < -0.39 is 4.92 Å². The van der Waals surface area contributed by atoms with Gasteiger partial charge in [0.05, 0.1) is 16.7 Å². The van der Waals surface area contributed by atoms with Crippen molar-refractivity contribution < 1.29 is 9.66 Å². The Labute approximate surface area is 126 Å². The summed E-state index contributed by atoms with van der Waals surface area (Å²) in [6, 6.07) is 8.34. The summed E-state index contributed by atoms with van der Waals surface area (Å²) in [5, 5.41) is 10.9. The van der Waals surface area contributed by atoms with Crippen LogP contribution in [0.4, 0.5) is 5.69 Å². The third-order valence-corrected chi connectivity index (χ3v) is 3.30. The number of hydrogen-bond acceptors (Lipinski definition) is 4. The molecule has 5 nitrogen and oxygen atoms in total. The zero-order valence-corrected chi connectivity index (χ0v) is 12.7. The van der Waals surface area contributed by atoms with Crippen LogP contribution in [0.1, 0.15) is 5.56 Å². The van der Waals surface area contributed by atoms with Gasteiger partial charge in [0, 0.05) is 10.5 Å². The van der Waals surface area contributed by atoms with Gasteiger partial charge in [-0.05, 0) is 40.2 Å². The molecule has 0 N–H and O–H groups in total. The predicted molar refractivity (Wildman–Crippen MR) is 77.1 cm³/mol. The smallest absolute Gasteiger partial charge is 0.277 e. The molecule has 0 saturated carbocycles. The van der Waals surface area contributed by atoms with Gasteiger partial charge in [-0.25, -0.2) is 4.98 Å². The van der Waals surface area contributed by atoms with E-state index >= 15 is 0 Å². The number of halogens is 2. The van der Waals surface area contributed by atoms with Crippen molar-refractivity contribution in [1.29, 1.82) is 0 Å². The highest BCUT2D eigenvalue weighted by Crippen LogP contribution is 2.25. The van der Waals surface area contributed by atoms with Crippen molar-refractivity contribution in [3.05, 3.63) is 61.3 Å². The normalized spacial score (nSPS) is 10.2. The number of hydrogen-bond donors (Lipinski definition) is 0. The van der Waals surface area contributed by atoms with Crippen molar-refractivity contribution in [3.63, 3.8) is 0 Å². The highest BCUT2D eigenvalue weighted by atomic mass is 79.9. The molecule has 0 atom stereocenters. The van der Waals surface area contributed by atoms with Crippen LogP contribution in [0, 0.1) is 10.1 Å². The molecule has 0 saturated heterocycles. The Morgan fingerprint density at radius 2 is 2.05 bits per heavy atom. The summed E-state index contributed by atoms with van der Waals surface area (Å²) in [5.74, 6) is 0.556. The molecule has 0 fully saturated rings. The lowest BCUT2D eigenvalue weighted by Gasteiger charge is -2.06. The second-order valence-corrected chi connectivity index (χ2v) is 5.36. The van der Waals surface area contributed by atoms with Crippen LogP contribution in [0.3, 0.4) is 0 Å². The molecule has 0 spiro atoms. The highest BCUT2D eigenvalue weighted by Gasteiger charge is 2.14. The van der Waals surface area contributed by atoms with Crippen molar-refractivity contribution in [2.24, 2.45) is 0 Å². The molecule has 7 heteroatoms. The molecule has 1 aromatic heterocycles. The Morgan fingerprint density at radius 1 is 1.26 bits per heavy atom. The van der Waals surface area contributed by atoms with Crippen molar-refractivity contribution in [3.8, 4) is 5.75 Å². The molecule has 0 bridgehead atoms. The van der Waals surface area contributed by atoms with Gasteiger partial charge >= 0.3 is 0 Å². The van der Waals surface area contributed by atoms with Crippen LogP contribution in [0.2, 0.25) is 0 Å². The van der Waals surface area contributed by atoms with E-state index in [2.05, 4.69) is 36.8 Å². The van der Waals surface area contributed by atoms with Gasteiger partial charge in [-0.3, -0.25) is 10.1 Å². The molecule has 0 unspecified atom stereocenters. The van der Waals surface area contributed by atoms with Crippen LogP contribution >= 0.6 is 31.9 Å². The first-order valence-corrected chi connectivity index (χ1v) is 6.82. The standard InChI is InChI=1S/C12H8Br2N2O3/c13-9-2-1-8(11(5-9)16(17)18)7-19-10-3-4-12(14)15-6-10/h1-6H,7H2. The van der Waals surface area contributed by atoms with E-state index in [1.165, 1.54) is 6.07 Å². The number of nitro benzene ring substituents is 1. The Bertz CT molecular complexity index is 602. The fraction of sp³-hybridized carbons (Fsp3) is 0.0833. The lowest BCUT2D eigenvalue weighted by Crippen LogP contribution is -2.00.